The van der Waals surface area contributed by atoms with Gasteiger partial charge in [-0.3, -0.25) is 0 Å². The number of allylic oxidation sites excluding steroid dienone is 2. The zero-order chi connectivity index (χ0) is 25.8. The summed E-state index contributed by atoms with van der Waals surface area (Å²) in [5.74, 6) is 0.717. The Morgan fingerprint density at radius 1 is 0.750 bits per heavy atom. The second kappa shape index (κ2) is 11.2. The van der Waals surface area contributed by atoms with E-state index in [1.165, 1.54) is 47.1 Å². The van der Waals surface area contributed by atoms with Crippen LogP contribution in [0.2, 0.25) is 5.02 Å². The smallest absolute Gasteiger partial charge is 0.0502 e. The van der Waals surface area contributed by atoms with Crippen LogP contribution in [0.5, 0.6) is 0 Å². The minimum absolute atomic E-state index is 0.256. The third-order valence-electron chi connectivity index (χ3n) is 7.71. The monoisotopic (exact) mass is 496 g/mol. The van der Waals surface area contributed by atoms with Gasteiger partial charge in [0.2, 0.25) is 0 Å². The molecule has 0 N–H and O–H groups in total. The van der Waals surface area contributed by atoms with Gasteiger partial charge in [0, 0.05) is 5.02 Å². The van der Waals surface area contributed by atoms with Crippen LogP contribution in [0.25, 0.3) is 0 Å². The lowest BCUT2D eigenvalue weighted by molar-refractivity contribution is 0.404. The summed E-state index contributed by atoms with van der Waals surface area (Å²) in [4.78, 5) is 0. The highest BCUT2D eigenvalue weighted by Gasteiger charge is 2.38. The molecule has 0 spiro atoms. The van der Waals surface area contributed by atoms with Crippen molar-refractivity contribution in [3.05, 3.63) is 130 Å². The van der Waals surface area contributed by atoms with E-state index in [4.69, 9.17) is 11.6 Å². The van der Waals surface area contributed by atoms with Gasteiger partial charge in [-0.25, -0.2) is 0 Å². The zero-order valence-electron chi connectivity index (χ0n) is 22.3. The normalized spacial score (nSPS) is 15.7. The van der Waals surface area contributed by atoms with Crippen molar-refractivity contribution in [1.82, 2.24) is 0 Å². The van der Waals surface area contributed by atoms with Gasteiger partial charge >= 0.3 is 0 Å². The molecule has 1 unspecified atom stereocenters. The van der Waals surface area contributed by atoms with Crippen molar-refractivity contribution >= 4 is 11.6 Å². The van der Waals surface area contributed by atoms with Crippen LogP contribution >= 0.6 is 11.6 Å². The van der Waals surface area contributed by atoms with Gasteiger partial charge in [-0.05, 0) is 78.2 Å². The second-order valence-electron chi connectivity index (χ2n) is 11.9. The van der Waals surface area contributed by atoms with Crippen molar-refractivity contribution in [1.29, 1.82) is 0 Å². The summed E-state index contributed by atoms with van der Waals surface area (Å²) >= 11 is 6.96. The fourth-order valence-electron chi connectivity index (χ4n) is 5.74. The third kappa shape index (κ3) is 6.04. The Hall–Kier alpha value is -2.57. The molecule has 0 radical (unpaired) electrons. The molecule has 0 aliphatic heterocycles. The van der Waals surface area contributed by atoms with Gasteiger partial charge in [0.05, 0.1) is 5.41 Å². The van der Waals surface area contributed by atoms with E-state index in [-0.39, 0.29) is 5.41 Å². The van der Waals surface area contributed by atoms with Gasteiger partial charge in [0.15, 0.2) is 0 Å². The Bertz CT molecular complexity index is 1180. The largest absolute Gasteiger partial charge is 0.0998 e. The van der Waals surface area contributed by atoms with E-state index in [9.17, 15) is 0 Å². The summed E-state index contributed by atoms with van der Waals surface area (Å²) < 4.78 is 0. The highest BCUT2D eigenvalue weighted by atomic mass is 35.5. The summed E-state index contributed by atoms with van der Waals surface area (Å²) in [6.07, 6.45) is 7.73. The summed E-state index contributed by atoms with van der Waals surface area (Å²) in [5, 5.41) is 0.800. The Balaban J connectivity index is 1.75. The molecule has 3 aromatic carbocycles. The van der Waals surface area contributed by atoms with Gasteiger partial charge < -0.3 is 0 Å². The molecule has 1 aliphatic carbocycles. The van der Waals surface area contributed by atoms with E-state index in [1.807, 2.05) is 12.1 Å². The topological polar surface area (TPSA) is 0 Å². The number of halogens is 1. The van der Waals surface area contributed by atoms with Crippen LogP contribution in [-0.2, 0) is 5.41 Å². The van der Waals surface area contributed by atoms with Crippen LogP contribution in [-0.4, -0.2) is 0 Å². The number of benzene rings is 3. The van der Waals surface area contributed by atoms with Crippen LogP contribution in [0.4, 0.5) is 0 Å². The van der Waals surface area contributed by atoms with Crippen LogP contribution in [0.3, 0.4) is 0 Å². The lowest BCUT2D eigenvalue weighted by atomic mass is 9.65. The molecule has 0 nitrogen and oxygen atoms in total. The first-order valence-corrected chi connectivity index (χ1v) is 13.8. The third-order valence-corrected chi connectivity index (χ3v) is 8.04. The average Bonchev–Trinajstić information content (AvgIpc) is 2.81. The van der Waals surface area contributed by atoms with Gasteiger partial charge in [-0.1, -0.05) is 136 Å². The molecule has 0 saturated heterocycles. The first-order valence-electron chi connectivity index (χ1n) is 13.4. The quantitative estimate of drug-likeness (QED) is 0.193. The molecule has 3 aromatic rings. The number of rotatable bonds is 10. The summed E-state index contributed by atoms with van der Waals surface area (Å²) in [5.41, 5.74) is 7.52. The van der Waals surface area contributed by atoms with Gasteiger partial charge in [-0.2, -0.15) is 0 Å². The van der Waals surface area contributed by atoms with E-state index in [0.717, 1.165) is 36.3 Å². The molecule has 0 heterocycles. The van der Waals surface area contributed by atoms with E-state index >= 15 is 0 Å². The minimum atomic E-state index is -0.403. The molecule has 1 fully saturated rings. The van der Waals surface area contributed by atoms with E-state index in [0.29, 0.717) is 5.92 Å². The van der Waals surface area contributed by atoms with Crippen molar-refractivity contribution in [2.24, 2.45) is 5.41 Å². The molecule has 1 aliphatic rings. The maximum atomic E-state index is 6.96. The number of hydrogen-bond acceptors (Lipinski definition) is 0. The second-order valence-corrected chi connectivity index (χ2v) is 12.3. The Morgan fingerprint density at radius 2 is 1.31 bits per heavy atom. The molecule has 0 bridgehead atoms. The maximum Gasteiger partial charge on any atom is 0.0502 e. The highest BCUT2D eigenvalue weighted by molar-refractivity contribution is 6.31. The SMILES string of the molecule is C=C(CCC(=C)CC(c1ccccc1)(c1ccc(C2CCC2)cc1)c1ccccc1Cl)CC(C)(C)C. The molecule has 1 heteroatoms. The standard InChI is InChI=1S/C35H41Cl/c1-26(24-34(3,4)5)18-19-27(2)25-35(30-14-7-6-8-15-30,32-16-9-10-17-33(32)36)31-22-20-29(21-23-31)28-12-11-13-28/h6-10,14-17,20-23,28H,1-2,11-13,18-19,24-25H2,3-5H3. The lowest BCUT2D eigenvalue weighted by Crippen LogP contribution is -2.30. The van der Waals surface area contributed by atoms with Crippen molar-refractivity contribution in [2.45, 2.75) is 77.0 Å². The summed E-state index contributed by atoms with van der Waals surface area (Å²) in [7, 11) is 0. The fourth-order valence-corrected chi connectivity index (χ4v) is 6.04. The molecular weight excluding hydrogens is 456 g/mol. The van der Waals surface area contributed by atoms with Crippen LogP contribution in [0, 0.1) is 5.41 Å². The summed E-state index contributed by atoms with van der Waals surface area (Å²) in [6.45, 7) is 15.8. The zero-order valence-corrected chi connectivity index (χ0v) is 23.1. The average molecular weight is 497 g/mol. The van der Waals surface area contributed by atoms with Crippen LogP contribution < -0.4 is 0 Å². The van der Waals surface area contributed by atoms with Crippen molar-refractivity contribution in [3.8, 4) is 0 Å². The maximum absolute atomic E-state index is 6.96. The van der Waals surface area contributed by atoms with Crippen molar-refractivity contribution < 1.29 is 0 Å². The van der Waals surface area contributed by atoms with Crippen LogP contribution in [0.1, 0.15) is 93.9 Å². The highest BCUT2D eigenvalue weighted by Crippen LogP contribution is 2.48. The molecule has 0 amide bonds. The fraction of sp³-hybridized carbons (Fsp3) is 0.371. The predicted octanol–water partition coefficient (Wildman–Crippen LogP) is 10.7. The van der Waals surface area contributed by atoms with Crippen molar-refractivity contribution in [2.75, 3.05) is 0 Å². The molecule has 4 rings (SSSR count). The molecule has 1 saturated carbocycles. The van der Waals surface area contributed by atoms with Gasteiger partial charge in [0.25, 0.3) is 0 Å². The summed E-state index contributed by atoms with van der Waals surface area (Å²) in [6, 6.07) is 28.6. The first kappa shape index (κ1) is 26.5. The first-order chi connectivity index (χ1) is 17.2. The Morgan fingerprint density at radius 3 is 1.86 bits per heavy atom. The molecule has 1 atom stereocenters. The van der Waals surface area contributed by atoms with Crippen molar-refractivity contribution in [3.63, 3.8) is 0 Å². The number of hydrogen-bond donors (Lipinski definition) is 0. The molecule has 0 aromatic heterocycles. The lowest BCUT2D eigenvalue weighted by Gasteiger charge is -2.38. The van der Waals surface area contributed by atoms with E-state index in [2.05, 4.69) is 101 Å². The Labute approximate surface area is 224 Å². The van der Waals surface area contributed by atoms with Gasteiger partial charge in [-0.15, -0.1) is 0 Å². The molecule has 188 valence electrons. The minimum Gasteiger partial charge on any atom is -0.0998 e. The van der Waals surface area contributed by atoms with Crippen LogP contribution in [0.15, 0.2) is 103 Å². The van der Waals surface area contributed by atoms with Gasteiger partial charge in [0.1, 0.15) is 0 Å². The molecule has 36 heavy (non-hydrogen) atoms. The van der Waals surface area contributed by atoms with E-state index in [1.54, 1.807) is 0 Å². The predicted molar refractivity (Wildman–Crippen MR) is 157 cm³/mol. The van der Waals surface area contributed by atoms with E-state index < -0.39 is 5.41 Å². The Kier molecular flexibility index (Phi) is 8.26. The molecular formula is C35H41Cl.